The Morgan fingerprint density at radius 1 is 1.41 bits per heavy atom. The van der Waals surface area contributed by atoms with Gasteiger partial charge in [0.1, 0.15) is 5.35 Å². The van der Waals surface area contributed by atoms with Gasteiger partial charge in [-0.1, -0.05) is 18.7 Å². The van der Waals surface area contributed by atoms with Crippen molar-refractivity contribution in [2.45, 2.75) is 6.92 Å². The molecular formula is C15H14N4O3. The third-order valence-electron chi connectivity index (χ3n) is 3.36. The number of benzene rings is 1. The lowest BCUT2D eigenvalue weighted by Gasteiger charge is -2.06. The number of hydrogen-bond acceptors (Lipinski definition) is 5. The first-order valence-electron chi connectivity index (χ1n) is 6.53. The lowest BCUT2D eigenvalue weighted by molar-refractivity contribution is 0.373. The Kier molecular flexibility index (Phi) is 3.17. The minimum Gasteiger partial charge on any atom is -0.504 e. The van der Waals surface area contributed by atoms with Crippen LogP contribution in [0.5, 0.6) is 11.5 Å². The first kappa shape index (κ1) is 13.9. The summed E-state index contributed by atoms with van der Waals surface area (Å²) in [6, 6.07) is 5.02. The van der Waals surface area contributed by atoms with E-state index in [0.29, 0.717) is 22.4 Å². The van der Waals surface area contributed by atoms with Crippen LogP contribution in [0.15, 0.2) is 23.0 Å². The molecule has 0 saturated carbocycles. The molecule has 112 valence electrons. The van der Waals surface area contributed by atoms with Crippen LogP contribution in [0.1, 0.15) is 11.3 Å². The van der Waals surface area contributed by atoms with E-state index in [1.807, 2.05) is 0 Å². The molecule has 2 aliphatic heterocycles. The van der Waals surface area contributed by atoms with E-state index in [4.69, 9.17) is 4.74 Å². The number of aromatic hydroxyl groups is 1. The number of aryl methyl sites for hydroxylation is 1. The summed E-state index contributed by atoms with van der Waals surface area (Å²) in [5, 5.41) is 13.9. The topological polar surface area (TPSA) is 93.0 Å². The Hall–Kier alpha value is -3.09. The van der Waals surface area contributed by atoms with Crippen molar-refractivity contribution in [2.24, 2.45) is 0 Å². The summed E-state index contributed by atoms with van der Waals surface area (Å²) in [5.41, 5.74) is 0.655. The lowest BCUT2D eigenvalue weighted by atomic mass is 10.1. The van der Waals surface area contributed by atoms with Crippen molar-refractivity contribution in [3.63, 3.8) is 0 Å². The van der Waals surface area contributed by atoms with Gasteiger partial charge in [-0.2, -0.15) is 4.98 Å². The Morgan fingerprint density at radius 2 is 2.18 bits per heavy atom. The number of nitrogens with one attached hydrogen (secondary N) is 1. The van der Waals surface area contributed by atoms with Gasteiger partial charge in [-0.25, -0.2) is 9.67 Å². The zero-order valence-corrected chi connectivity index (χ0v) is 12.1. The molecule has 0 amide bonds. The molecule has 2 N–H and O–H groups in total. The number of methoxy groups -OCH3 is 1. The van der Waals surface area contributed by atoms with Crippen LogP contribution in [0.4, 0.5) is 0 Å². The van der Waals surface area contributed by atoms with Gasteiger partial charge in [-0.3, -0.25) is 9.89 Å². The van der Waals surface area contributed by atoms with Gasteiger partial charge in [0.05, 0.1) is 18.2 Å². The largest absolute Gasteiger partial charge is 0.504 e. The predicted molar refractivity (Wildman–Crippen MR) is 80.9 cm³/mol. The van der Waals surface area contributed by atoms with Gasteiger partial charge in [0, 0.05) is 5.56 Å². The van der Waals surface area contributed by atoms with E-state index in [-0.39, 0.29) is 17.0 Å². The fourth-order valence-corrected chi connectivity index (χ4v) is 2.11. The maximum Gasteiger partial charge on any atom is 0.299 e. The monoisotopic (exact) mass is 298 g/mol. The van der Waals surface area contributed by atoms with Crippen molar-refractivity contribution in [1.82, 2.24) is 19.7 Å². The molecule has 0 bridgehead atoms. The molecule has 22 heavy (non-hydrogen) atoms. The maximum absolute atomic E-state index is 12.1. The van der Waals surface area contributed by atoms with Gasteiger partial charge in [-0.05, 0) is 19.1 Å². The minimum absolute atomic E-state index is 0.0470. The number of aromatic amines is 1. The highest BCUT2D eigenvalue weighted by atomic mass is 16.5. The smallest absolute Gasteiger partial charge is 0.299 e. The number of phenols is 1. The van der Waals surface area contributed by atoms with Crippen LogP contribution in [0.3, 0.4) is 0 Å². The normalized spacial score (nSPS) is 12.0. The second-order valence-corrected chi connectivity index (χ2v) is 4.77. The number of ether oxygens (including phenoxy) is 1. The van der Waals surface area contributed by atoms with E-state index < -0.39 is 5.56 Å². The van der Waals surface area contributed by atoms with Crippen LogP contribution < -0.4 is 21.0 Å². The van der Waals surface area contributed by atoms with Gasteiger partial charge in [0.25, 0.3) is 11.5 Å². The summed E-state index contributed by atoms with van der Waals surface area (Å²) in [7, 11) is 1.46. The Bertz CT molecular complexity index is 987. The van der Waals surface area contributed by atoms with Crippen molar-refractivity contribution in [1.29, 1.82) is 0 Å². The van der Waals surface area contributed by atoms with E-state index in [9.17, 15) is 9.90 Å². The molecule has 0 saturated heterocycles. The molecule has 1 aromatic rings. The lowest BCUT2D eigenvalue weighted by Crippen LogP contribution is -2.32. The molecule has 0 aliphatic carbocycles. The standard InChI is InChI=1S/C15H14N4O3/c1-8-9(2)18-19-11(14(21)17-15(19)16-8)7-10-5-4-6-12(22-3)13(10)20/h4-7,18,20H,2H2,1,3H3. The number of para-hydroxylation sites is 1. The van der Waals surface area contributed by atoms with Crippen LogP contribution in [0.25, 0.3) is 18.6 Å². The highest BCUT2D eigenvalue weighted by Gasteiger charge is 2.13. The van der Waals surface area contributed by atoms with Crippen LogP contribution >= 0.6 is 0 Å². The molecule has 0 radical (unpaired) electrons. The first-order chi connectivity index (χ1) is 10.5. The highest BCUT2D eigenvalue weighted by Crippen LogP contribution is 2.29. The van der Waals surface area contributed by atoms with Gasteiger partial charge in [-0.15, -0.1) is 0 Å². The fraction of sp³-hybridized carbons (Fsp3) is 0.133. The molecule has 2 aliphatic rings. The Labute approximate surface area is 125 Å². The molecule has 7 nitrogen and oxygen atoms in total. The van der Waals surface area contributed by atoms with Gasteiger partial charge >= 0.3 is 0 Å². The van der Waals surface area contributed by atoms with Crippen LogP contribution in [0, 0.1) is 6.92 Å². The number of phenolic OH excluding ortho intramolecular Hbond substituents is 1. The van der Waals surface area contributed by atoms with Crippen LogP contribution in [-0.4, -0.2) is 32.0 Å². The average Bonchev–Trinajstić information content (AvgIpc) is 2.77. The number of fused-ring (bicyclic) bond motifs is 1. The summed E-state index contributed by atoms with van der Waals surface area (Å²) in [6.07, 6.45) is 1.52. The second-order valence-electron chi connectivity index (χ2n) is 4.77. The Balaban J connectivity index is 2.32. The summed E-state index contributed by atoms with van der Waals surface area (Å²) < 4.78 is 6.50. The molecule has 2 heterocycles. The molecule has 7 heteroatoms. The molecule has 3 rings (SSSR count). The predicted octanol–water partition coefficient (Wildman–Crippen LogP) is -0.345. The summed E-state index contributed by atoms with van der Waals surface area (Å²) in [4.78, 5) is 20.2. The third-order valence-corrected chi connectivity index (χ3v) is 3.36. The second kappa shape index (κ2) is 5.03. The van der Waals surface area contributed by atoms with E-state index in [2.05, 4.69) is 21.6 Å². The SMILES string of the molecule is C=c1[nH]n2c(=Cc3cccc(OC)c3O)c(=O)nc-2nc1C. The summed E-state index contributed by atoms with van der Waals surface area (Å²) in [6.45, 7) is 5.59. The fourth-order valence-electron chi connectivity index (χ4n) is 2.11. The molecule has 0 spiro atoms. The molecule has 0 atom stereocenters. The number of nitrogens with zero attached hydrogens (tertiary/aromatic N) is 3. The molecule has 0 unspecified atom stereocenters. The molecular weight excluding hydrogens is 284 g/mol. The zero-order chi connectivity index (χ0) is 15.9. The van der Waals surface area contributed by atoms with Gasteiger partial charge in [0.15, 0.2) is 11.5 Å². The maximum atomic E-state index is 12.1. The van der Waals surface area contributed by atoms with E-state index in [0.717, 1.165) is 0 Å². The average molecular weight is 298 g/mol. The minimum atomic E-state index is -0.448. The van der Waals surface area contributed by atoms with Crippen LogP contribution in [0.2, 0.25) is 0 Å². The highest BCUT2D eigenvalue weighted by molar-refractivity contribution is 5.61. The van der Waals surface area contributed by atoms with Crippen molar-refractivity contribution in [3.05, 3.63) is 50.5 Å². The number of rotatable bonds is 2. The van der Waals surface area contributed by atoms with E-state index >= 15 is 0 Å². The van der Waals surface area contributed by atoms with E-state index in [1.165, 1.54) is 17.9 Å². The van der Waals surface area contributed by atoms with Crippen molar-refractivity contribution < 1.29 is 9.84 Å². The third kappa shape index (κ3) is 2.12. The molecule has 1 aromatic carbocycles. The van der Waals surface area contributed by atoms with Crippen LogP contribution in [-0.2, 0) is 0 Å². The zero-order valence-electron chi connectivity index (χ0n) is 12.1. The van der Waals surface area contributed by atoms with Crippen molar-refractivity contribution in [2.75, 3.05) is 7.11 Å². The quantitative estimate of drug-likeness (QED) is 0.675. The first-order valence-corrected chi connectivity index (χ1v) is 6.53. The van der Waals surface area contributed by atoms with Gasteiger partial charge < -0.3 is 9.84 Å². The van der Waals surface area contributed by atoms with Crippen molar-refractivity contribution in [3.8, 4) is 17.4 Å². The Morgan fingerprint density at radius 3 is 2.91 bits per heavy atom. The number of imidazole rings is 1. The van der Waals surface area contributed by atoms with E-state index in [1.54, 1.807) is 25.1 Å². The number of hydrogen-bond donors (Lipinski definition) is 2. The van der Waals surface area contributed by atoms with Crippen molar-refractivity contribution >= 4 is 12.7 Å². The number of H-pyrrole nitrogens is 1. The molecule has 0 aromatic heterocycles. The number of aromatic nitrogens is 4. The molecule has 0 fully saturated rings. The summed E-state index contributed by atoms with van der Waals surface area (Å²) in [5.74, 6) is 0.531. The van der Waals surface area contributed by atoms with Gasteiger partial charge in [0.2, 0.25) is 0 Å². The summed E-state index contributed by atoms with van der Waals surface area (Å²) >= 11 is 0.